The fourth-order valence-electron chi connectivity index (χ4n) is 6.44. The summed E-state index contributed by atoms with van der Waals surface area (Å²) < 4.78 is 5.83. The fourth-order valence-corrected chi connectivity index (χ4v) is 6.44. The zero-order valence-electron chi connectivity index (χ0n) is 18.0. The van der Waals surface area contributed by atoms with Crippen LogP contribution in [0.3, 0.4) is 0 Å². The van der Waals surface area contributed by atoms with E-state index in [1.165, 1.54) is 38.0 Å². The van der Waals surface area contributed by atoms with Crippen molar-refractivity contribution in [2.45, 2.75) is 64.9 Å². The maximum atomic E-state index is 12.5. The number of carbonyl (C=O) groups is 1. The van der Waals surface area contributed by atoms with Gasteiger partial charge in [-0.1, -0.05) is 19.3 Å². The van der Waals surface area contributed by atoms with Crippen LogP contribution < -0.4 is 4.90 Å². The lowest BCUT2D eigenvalue weighted by molar-refractivity contribution is -0.150. The van der Waals surface area contributed by atoms with Crippen molar-refractivity contribution in [2.75, 3.05) is 37.6 Å². The maximum Gasteiger partial charge on any atom is 0.312 e. The molecular formula is C24H35N3O2. The second kappa shape index (κ2) is 7.57. The average molecular weight is 398 g/mol. The lowest BCUT2D eigenvalue weighted by Gasteiger charge is -2.28. The minimum absolute atomic E-state index is 0.110. The van der Waals surface area contributed by atoms with Crippen molar-refractivity contribution >= 4 is 11.7 Å². The molecule has 5 nitrogen and oxygen atoms in total. The molecule has 5 heteroatoms. The van der Waals surface area contributed by atoms with Gasteiger partial charge >= 0.3 is 5.97 Å². The van der Waals surface area contributed by atoms with Gasteiger partial charge in [0.25, 0.3) is 0 Å². The normalized spacial score (nSPS) is 31.4. The highest BCUT2D eigenvalue weighted by Crippen LogP contribution is 2.46. The summed E-state index contributed by atoms with van der Waals surface area (Å²) in [6.07, 6.45) is 7.93. The molecule has 0 N–H and O–H groups in total. The van der Waals surface area contributed by atoms with Crippen LogP contribution in [0.5, 0.6) is 0 Å². The molecule has 3 aliphatic heterocycles. The zero-order chi connectivity index (χ0) is 20.0. The molecule has 0 aromatic carbocycles. The molecule has 0 amide bonds. The Morgan fingerprint density at radius 1 is 1.03 bits per heavy atom. The molecule has 4 fully saturated rings. The van der Waals surface area contributed by atoms with Gasteiger partial charge in [0, 0.05) is 56.2 Å². The Balaban J connectivity index is 1.12. The van der Waals surface area contributed by atoms with E-state index in [1.807, 2.05) is 0 Å². The highest BCUT2D eigenvalue weighted by atomic mass is 16.6. The van der Waals surface area contributed by atoms with Crippen molar-refractivity contribution in [3.63, 3.8) is 0 Å². The SMILES string of the molecule is Cc1cc(N2CC3CN(CC[C@H]4CC5(CCCCC5)C(=O)O4)CC3C2)cc(C)n1. The van der Waals surface area contributed by atoms with Crippen LogP contribution in [0, 0.1) is 31.1 Å². The highest BCUT2D eigenvalue weighted by molar-refractivity contribution is 5.79. The van der Waals surface area contributed by atoms with E-state index < -0.39 is 0 Å². The average Bonchev–Trinajstić information content (AvgIpc) is 3.32. The quantitative estimate of drug-likeness (QED) is 0.725. The van der Waals surface area contributed by atoms with E-state index in [2.05, 4.69) is 40.8 Å². The molecule has 4 heterocycles. The van der Waals surface area contributed by atoms with Crippen molar-refractivity contribution in [3.8, 4) is 0 Å². The number of nitrogens with zero attached hydrogens (tertiary/aromatic N) is 3. The predicted octanol–water partition coefficient (Wildman–Crippen LogP) is 3.72. The van der Waals surface area contributed by atoms with Gasteiger partial charge in [-0.25, -0.2) is 0 Å². The van der Waals surface area contributed by atoms with Gasteiger partial charge < -0.3 is 14.5 Å². The first-order chi connectivity index (χ1) is 14.0. The monoisotopic (exact) mass is 397 g/mol. The lowest BCUT2D eigenvalue weighted by Crippen LogP contribution is -2.31. The predicted molar refractivity (Wildman–Crippen MR) is 114 cm³/mol. The van der Waals surface area contributed by atoms with Crippen LogP contribution in [0.4, 0.5) is 5.69 Å². The van der Waals surface area contributed by atoms with E-state index in [0.29, 0.717) is 0 Å². The van der Waals surface area contributed by atoms with Crippen LogP contribution in [0.25, 0.3) is 0 Å². The third-order valence-corrected chi connectivity index (χ3v) is 7.90. The first kappa shape index (κ1) is 19.3. The van der Waals surface area contributed by atoms with Gasteiger partial charge in [-0.05, 0) is 57.1 Å². The van der Waals surface area contributed by atoms with Crippen molar-refractivity contribution in [1.29, 1.82) is 0 Å². The highest BCUT2D eigenvalue weighted by Gasteiger charge is 2.49. The number of likely N-dealkylation sites (tertiary alicyclic amines) is 1. The first-order valence-corrected chi connectivity index (χ1v) is 11.6. The summed E-state index contributed by atoms with van der Waals surface area (Å²) >= 11 is 0. The summed E-state index contributed by atoms with van der Waals surface area (Å²) in [4.78, 5) is 22.2. The van der Waals surface area contributed by atoms with Gasteiger partial charge in [-0.15, -0.1) is 0 Å². The zero-order valence-corrected chi connectivity index (χ0v) is 18.0. The molecule has 1 saturated carbocycles. The smallest absolute Gasteiger partial charge is 0.312 e. The number of fused-ring (bicyclic) bond motifs is 1. The number of esters is 1. The molecule has 1 spiro atoms. The van der Waals surface area contributed by atoms with Gasteiger partial charge in [-0.2, -0.15) is 0 Å². The molecule has 0 radical (unpaired) electrons. The number of cyclic esters (lactones) is 1. The van der Waals surface area contributed by atoms with Crippen LogP contribution in [-0.2, 0) is 9.53 Å². The van der Waals surface area contributed by atoms with Crippen molar-refractivity contribution in [1.82, 2.24) is 9.88 Å². The molecule has 1 aromatic heterocycles. The number of aryl methyl sites for hydroxylation is 2. The van der Waals surface area contributed by atoms with E-state index in [1.54, 1.807) is 0 Å². The summed E-state index contributed by atoms with van der Waals surface area (Å²) in [6, 6.07) is 4.45. The van der Waals surface area contributed by atoms with Crippen LogP contribution in [0.1, 0.15) is 56.3 Å². The number of aromatic nitrogens is 1. The maximum absolute atomic E-state index is 12.5. The molecule has 1 aliphatic carbocycles. The molecule has 29 heavy (non-hydrogen) atoms. The Hall–Kier alpha value is -1.62. The summed E-state index contributed by atoms with van der Waals surface area (Å²) in [6.45, 7) is 9.95. The molecule has 0 bridgehead atoms. The molecule has 3 saturated heterocycles. The number of hydrogen-bond donors (Lipinski definition) is 0. The minimum atomic E-state index is -0.119. The molecule has 1 aromatic rings. The summed E-state index contributed by atoms with van der Waals surface area (Å²) in [5.41, 5.74) is 3.44. The van der Waals surface area contributed by atoms with Crippen molar-refractivity contribution in [3.05, 3.63) is 23.5 Å². The Morgan fingerprint density at radius 3 is 2.34 bits per heavy atom. The number of rotatable bonds is 4. The Bertz CT molecular complexity index is 739. The molecule has 4 aliphatic rings. The van der Waals surface area contributed by atoms with E-state index >= 15 is 0 Å². The summed E-state index contributed by atoms with van der Waals surface area (Å²) in [7, 11) is 0. The summed E-state index contributed by atoms with van der Waals surface area (Å²) in [5.74, 6) is 1.64. The number of anilines is 1. The minimum Gasteiger partial charge on any atom is -0.462 e. The van der Waals surface area contributed by atoms with Crippen LogP contribution in [0.2, 0.25) is 0 Å². The number of pyridine rings is 1. The van der Waals surface area contributed by atoms with Crippen LogP contribution >= 0.6 is 0 Å². The summed E-state index contributed by atoms with van der Waals surface area (Å²) in [5, 5.41) is 0. The number of hydrogen-bond acceptors (Lipinski definition) is 5. The third-order valence-electron chi connectivity index (χ3n) is 7.90. The van der Waals surface area contributed by atoms with Gasteiger partial charge in [0.05, 0.1) is 5.41 Å². The van der Waals surface area contributed by atoms with Crippen LogP contribution in [-0.4, -0.2) is 54.7 Å². The first-order valence-electron chi connectivity index (χ1n) is 11.6. The van der Waals surface area contributed by atoms with Crippen molar-refractivity contribution in [2.24, 2.45) is 17.3 Å². The molecule has 2 unspecified atom stereocenters. The Labute approximate surface area is 174 Å². The molecular weight excluding hydrogens is 362 g/mol. The van der Waals surface area contributed by atoms with E-state index in [0.717, 1.165) is 68.5 Å². The molecule has 3 atom stereocenters. The Kier molecular flexibility index (Phi) is 5.05. The molecule has 5 rings (SSSR count). The fraction of sp³-hybridized carbons (Fsp3) is 0.750. The van der Waals surface area contributed by atoms with Crippen LogP contribution in [0.15, 0.2) is 12.1 Å². The van der Waals surface area contributed by atoms with Gasteiger partial charge in [0.1, 0.15) is 6.10 Å². The lowest BCUT2D eigenvalue weighted by atomic mass is 9.72. The van der Waals surface area contributed by atoms with Crippen molar-refractivity contribution < 1.29 is 9.53 Å². The van der Waals surface area contributed by atoms with Gasteiger partial charge in [0.15, 0.2) is 0 Å². The van der Waals surface area contributed by atoms with Gasteiger partial charge in [0.2, 0.25) is 0 Å². The van der Waals surface area contributed by atoms with E-state index in [4.69, 9.17) is 4.74 Å². The van der Waals surface area contributed by atoms with E-state index in [-0.39, 0.29) is 17.5 Å². The standard InChI is InChI=1S/C24H35N3O2/c1-17-10-21(11-18(2)25-17)27-15-19-13-26(14-20(19)16-27)9-6-22-12-24(23(28)29-22)7-4-3-5-8-24/h10-11,19-20,22H,3-9,12-16H2,1-2H3/t19?,20?,22-/m0/s1. The Morgan fingerprint density at radius 2 is 1.69 bits per heavy atom. The second-order valence-corrected chi connectivity index (χ2v) is 10.2. The number of carbonyl (C=O) groups excluding carboxylic acids is 1. The largest absolute Gasteiger partial charge is 0.462 e. The molecule has 158 valence electrons. The van der Waals surface area contributed by atoms with E-state index in [9.17, 15) is 4.79 Å². The third kappa shape index (κ3) is 3.78. The topological polar surface area (TPSA) is 45.7 Å². The number of ether oxygens (including phenoxy) is 1. The second-order valence-electron chi connectivity index (χ2n) is 10.2. The van der Waals surface area contributed by atoms with Gasteiger partial charge in [-0.3, -0.25) is 9.78 Å².